The van der Waals surface area contributed by atoms with Crippen LogP contribution in [0, 0.1) is 13.8 Å². The molecule has 1 atom stereocenters. The highest BCUT2D eigenvalue weighted by molar-refractivity contribution is 6.31. The first kappa shape index (κ1) is 20.7. The van der Waals surface area contributed by atoms with Crippen LogP contribution in [0.15, 0.2) is 54.6 Å². The highest BCUT2D eigenvalue weighted by atomic mass is 35.5. The molecule has 2 aromatic carbocycles. The van der Waals surface area contributed by atoms with Crippen molar-refractivity contribution in [2.75, 3.05) is 6.61 Å². The van der Waals surface area contributed by atoms with E-state index in [4.69, 9.17) is 22.1 Å². The Morgan fingerprint density at radius 2 is 1.76 bits per heavy atom. The monoisotopic (exact) mass is 410 g/mol. The van der Waals surface area contributed by atoms with E-state index in [-0.39, 0.29) is 29.7 Å². The lowest BCUT2D eigenvalue weighted by Gasteiger charge is -2.19. The summed E-state index contributed by atoms with van der Waals surface area (Å²) < 4.78 is 7.74. The first-order valence-electron chi connectivity index (χ1n) is 9.28. The molecule has 0 aliphatic heterocycles. The second-order valence-electron chi connectivity index (χ2n) is 6.96. The van der Waals surface area contributed by atoms with Crippen molar-refractivity contribution < 1.29 is 14.3 Å². The third-order valence-electron chi connectivity index (χ3n) is 5.02. The number of benzene rings is 2. The van der Waals surface area contributed by atoms with Crippen molar-refractivity contribution in [2.24, 2.45) is 5.73 Å². The second-order valence-corrected chi connectivity index (χ2v) is 7.39. The number of carbonyl (C=O) groups excluding carboxylic acids is 2. The summed E-state index contributed by atoms with van der Waals surface area (Å²) in [5, 5.41) is 0.371. The van der Waals surface area contributed by atoms with Crippen molar-refractivity contribution in [1.29, 1.82) is 0 Å². The lowest BCUT2D eigenvalue weighted by Crippen LogP contribution is -2.17. The number of aryl methyl sites for hydroxylation is 1. The number of ketones is 1. The number of nitrogens with two attached hydrogens (primary N) is 1. The van der Waals surface area contributed by atoms with E-state index in [9.17, 15) is 9.59 Å². The highest BCUT2D eigenvalue weighted by Crippen LogP contribution is 2.27. The quantitative estimate of drug-likeness (QED) is 0.572. The standard InChI is InChI=1S/C23H23ClN2O3/c1-14-11-19(16(3)26(14)15(2)17-7-5-4-6-8-17)21(27)13-29-22-10-9-18(24)12-20(22)23(25)28/h4-12,15H,13H2,1-3H3,(H2,25,28)/t15-/m1/s1. The van der Waals surface area contributed by atoms with Crippen LogP contribution in [0.2, 0.25) is 5.02 Å². The van der Waals surface area contributed by atoms with Crippen LogP contribution in [0.4, 0.5) is 0 Å². The van der Waals surface area contributed by atoms with Gasteiger partial charge in [0, 0.05) is 22.0 Å². The molecule has 1 amide bonds. The molecule has 29 heavy (non-hydrogen) atoms. The van der Waals surface area contributed by atoms with E-state index in [0.29, 0.717) is 10.6 Å². The predicted octanol–water partition coefficient (Wildman–Crippen LogP) is 4.73. The van der Waals surface area contributed by atoms with Gasteiger partial charge in [-0.3, -0.25) is 9.59 Å². The molecular formula is C23H23ClN2O3. The molecule has 0 fully saturated rings. The van der Waals surface area contributed by atoms with Gasteiger partial charge in [0.25, 0.3) is 5.91 Å². The number of primary amides is 1. The van der Waals surface area contributed by atoms with Gasteiger partial charge in [-0.05, 0) is 50.6 Å². The number of halogens is 1. The number of aromatic nitrogens is 1. The zero-order valence-electron chi connectivity index (χ0n) is 16.6. The van der Waals surface area contributed by atoms with Gasteiger partial charge >= 0.3 is 0 Å². The number of amides is 1. The van der Waals surface area contributed by atoms with Crippen molar-refractivity contribution >= 4 is 23.3 Å². The van der Waals surface area contributed by atoms with Crippen molar-refractivity contribution in [3.05, 3.63) is 87.7 Å². The Morgan fingerprint density at radius 3 is 2.41 bits per heavy atom. The van der Waals surface area contributed by atoms with E-state index < -0.39 is 5.91 Å². The maximum atomic E-state index is 12.8. The first-order chi connectivity index (χ1) is 13.8. The third-order valence-corrected chi connectivity index (χ3v) is 5.25. The molecule has 2 N–H and O–H groups in total. The Bertz CT molecular complexity index is 1060. The number of Topliss-reactive ketones (excluding diaryl/α,β-unsaturated/α-hetero) is 1. The molecular weight excluding hydrogens is 388 g/mol. The van der Waals surface area contributed by atoms with Crippen LogP contribution in [0.3, 0.4) is 0 Å². The van der Waals surface area contributed by atoms with Gasteiger partial charge in [0.2, 0.25) is 5.78 Å². The average molecular weight is 411 g/mol. The minimum absolute atomic E-state index is 0.0939. The van der Waals surface area contributed by atoms with E-state index in [1.54, 1.807) is 6.07 Å². The fourth-order valence-corrected chi connectivity index (χ4v) is 3.75. The first-order valence-corrected chi connectivity index (χ1v) is 9.66. The van der Waals surface area contributed by atoms with E-state index in [0.717, 1.165) is 17.0 Å². The van der Waals surface area contributed by atoms with Gasteiger partial charge in [-0.25, -0.2) is 0 Å². The van der Waals surface area contributed by atoms with Gasteiger partial charge in [-0.15, -0.1) is 0 Å². The van der Waals surface area contributed by atoms with E-state index in [1.807, 2.05) is 38.1 Å². The largest absolute Gasteiger partial charge is 0.485 e. The molecule has 150 valence electrons. The van der Waals surface area contributed by atoms with Gasteiger partial charge in [0.05, 0.1) is 11.6 Å². The van der Waals surface area contributed by atoms with Gasteiger partial charge in [0.1, 0.15) is 5.75 Å². The lowest BCUT2D eigenvalue weighted by molar-refractivity contribution is 0.0911. The Labute approximate surface area is 175 Å². The van der Waals surface area contributed by atoms with E-state index >= 15 is 0 Å². The fourth-order valence-electron chi connectivity index (χ4n) is 3.58. The summed E-state index contributed by atoms with van der Waals surface area (Å²) in [4.78, 5) is 24.4. The minimum atomic E-state index is -0.662. The molecule has 6 heteroatoms. The molecule has 3 rings (SSSR count). The molecule has 0 saturated carbocycles. The van der Waals surface area contributed by atoms with Crippen LogP contribution in [-0.4, -0.2) is 22.9 Å². The molecule has 0 radical (unpaired) electrons. The maximum absolute atomic E-state index is 12.8. The minimum Gasteiger partial charge on any atom is -0.485 e. The molecule has 3 aromatic rings. The Hall–Kier alpha value is -3.05. The number of ether oxygens (including phenoxy) is 1. The summed E-state index contributed by atoms with van der Waals surface area (Å²) in [6.45, 7) is 5.81. The van der Waals surface area contributed by atoms with E-state index in [1.165, 1.54) is 12.1 Å². The summed E-state index contributed by atoms with van der Waals surface area (Å²) in [6.07, 6.45) is 0. The van der Waals surface area contributed by atoms with Gasteiger partial charge in [-0.1, -0.05) is 41.9 Å². The molecule has 0 aliphatic rings. The zero-order valence-corrected chi connectivity index (χ0v) is 17.4. The van der Waals surface area contributed by atoms with Crippen LogP contribution in [0.25, 0.3) is 0 Å². The number of hydrogen-bond donors (Lipinski definition) is 1. The molecule has 0 bridgehead atoms. The summed E-state index contributed by atoms with van der Waals surface area (Å²) >= 11 is 5.91. The molecule has 1 aromatic heterocycles. The number of nitrogens with zero attached hydrogens (tertiary/aromatic N) is 1. The molecule has 1 heterocycles. The number of carbonyl (C=O) groups is 2. The topological polar surface area (TPSA) is 74.3 Å². The third kappa shape index (κ3) is 4.35. The average Bonchev–Trinajstić information content (AvgIpc) is 3.01. The van der Waals surface area contributed by atoms with Crippen LogP contribution >= 0.6 is 11.6 Å². The van der Waals surface area contributed by atoms with Gasteiger partial charge < -0.3 is 15.0 Å². The Balaban J connectivity index is 1.82. The molecule has 0 saturated heterocycles. The number of rotatable bonds is 7. The SMILES string of the molecule is Cc1cc(C(=O)COc2ccc(Cl)cc2C(N)=O)c(C)n1[C@H](C)c1ccccc1. The fraction of sp³-hybridized carbons (Fsp3) is 0.217. The van der Waals surface area contributed by atoms with Gasteiger partial charge in [0.15, 0.2) is 6.61 Å². The maximum Gasteiger partial charge on any atom is 0.252 e. The van der Waals surface area contributed by atoms with Crippen molar-refractivity contribution in [2.45, 2.75) is 26.8 Å². The lowest BCUT2D eigenvalue weighted by atomic mass is 10.1. The smallest absolute Gasteiger partial charge is 0.252 e. The van der Waals surface area contributed by atoms with Crippen LogP contribution in [0.1, 0.15) is 50.6 Å². The molecule has 0 spiro atoms. The zero-order chi connectivity index (χ0) is 21.1. The molecule has 0 aliphatic carbocycles. The highest BCUT2D eigenvalue weighted by Gasteiger charge is 2.20. The van der Waals surface area contributed by atoms with Crippen LogP contribution < -0.4 is 10.5 Å². The van der Waals surface area contributed by atoms with Crippen LogP contribution in [0.5, 0.6) is 5.75 Å². The summed E-state index contributed by atoms with van der Waals surface area (Å²) in [7, 11) is 0. The second kappa shape index (κ2) is 8.53. The van der Waals surface area contributed by atoms with Crippen molar-refractivity contribution in [1.82, 2.24) is 4.57 Å². The Morgan fingerprint density at radius 1 is 1.07 bits per heavy atom. The van der Waals surface area contributed by atoms with Crippen LogP contribution in [-0.2, 0) is 0 Å². The van der Waals surface area contributed by atoms with Crippen molar-refractivity contribution in [3.8, 4) is 5.75 Å². The molecule has 5 nitrogen and oxygen atoms in total. The summed E-state index contributed by atoms with van der Waals surface area (Å²) in [5.41, 5.74) is 9.14. The van der Waals surface area contributed by atoms with Gasteiger partial charge in [-0.2, -0.15) is 0 Å². The Kier molecular flexibility index (Phi) is 6.09. The predicted molar refractivity (Wildman–Crippen MR) is 114 cm³/mol. The van der Waals surface area contributed by atoms with E-state index in [2.05, 4.69) is 23.6 Å². The summed E-state index contributed by atoms with van der Waals surface area (Å²) in [6, 6.07) is 16.6. The summed E-state index contributed by atoms with van der Waals surface area (Å²) in [5.74, 6) is -0.596. The molecule has 0 unspecified atom stereocenters. The van der Waals surface area contributed by atoms with Crippen molar-refractivity contribution in [3.63, 3.8) is 0 Å². The number of hydrogen-bond acceptors (Lipinski definition) is 3. The normalized spacial score (nSPS) is 11.9.